The van der Waals surface area contributed by atoms with Crippen molar-refractivity contribution in [3.05, 3.63) is 69.7 Å². The van der Waals surface area contributed by atoms with Crippen molar-refractivity contribution in [2.45, 2.75) is 57.6 Å². The van der Waals surface area contributed by atoms with Crippen molar-refractivity contribution in [1.29, 1.82) is 0 Å². The van der Waals surface area contributed by atoms with E-state index >= 15 is 0 Å². The Morgan fingerprint density at radius 1 is 1.15 bits per heavy atom. The number of hydrogen-bond donors (Lipinski definition) is 1. The van der Waals surface area contributed by atoms with E-state index in [-0.39, 0.29) is 36.3 Å². The van der Waals surface area contributed by atoms with E-state index in [1.807, 2.05) is 62.4 Å². The lowest BCUT2D eigenvalue weighted by Crippen LogP contribution is -2.58. The summed E-state index contributed by atoms with van der Waals surface area (Å²) in [6.07, 6.45) is 2.07. The quantitative estimate of drug-likeness (QED) is 0.436. The minimum absolute atomic E-state index is 0.0222. The summed E-state index contributed by atoms with van der Waals surface area (Å²) < 4.78 is 10.7. The van der Waals surface area contributed by atoms with Gasteiger partial charge in [-0.15, -0.1) is 0 Å². The van der Waals surface area contributed by atoms with Gasteiger partial charge in [0.2, 0.25) is 5.91 Å². The Labute approximate surface area is 212 Å². The molecule has 1 aliphatic rings. The maximum Gasteiger partial charge on any atom is 0.306 e. The van der Waals surface area contributed by atoms with Crippen LogP contribution in [0.2, 0.25) is 10.0 Å². The van der Waals surface area contributed by atoms with Crippen molar-refractivity contribution >= 4 is 35.1 Å². The fraction of sp³-hybridized carbons (Fsp3) is 0.481. The van der Waals surface area contributed by atoms with Gasteiger partial charge >= 0.3 is 5.97 Å². The zero-order valence-electron chi connectivity index (χ0n) is 20.1. The molecule has 34 heavy (non-hydrogen) atoms. The molecule has 2 aromatic carbocycles. The topological polar surface area (TPSA) is 64.6 Å². The molecule has 3 rings (SSSR count). The van der Waals surface area contributed by atoms with E-state index in [1.165, 1.54) is 12.7 Å². The SMILES string of the molecule is COC(=O)C[C@]1(C)C[C@H](c2cccc(Cl)c2)[C@@H]([C@H](CCc2ccc(Cl)cc2)[C@H](C)OC)NC1=O. The second-order valence-electron chi connectivity index (χ2n) is 9.45. The highest BCUT2D eigenvalue weighted by molar-refractivity contribution is 6.30. The number of amides is 1. The first-order chi connectivity index (χ1) is 16.2. The van der Waals surface area contributed by atoms with Crippen LogP contribution in [0.5, 0.6) is 0 Å². The lowest BCUT2D eigenvalue weighted by atomic mass is 9.66. The zero-order valence-corrected chi connectivity index (χ0v) is 21.7. The summed E-state index contributed by atoms with van der Waals surface area (Å²) in [7, 11) is 3.04. The Hall–Kier alpha value is -2.08. The summed E-state index contributed by atoms with van der Waals surface area (Å²) in [6, 6.07) is 15.4. The Kier molecular flexibility index (Phi) is 9.02. The van der Waals surface area contributed by atoms with Gasteiger partial charge in [-0.25, -0.2) is 0 Å². The molecule has 1 saturated heterocycles. The first kappa shape index (κ1) is 26.5. The molecule has 184 valence electrons. The van der Waals surface area contributed by atoms with Crippen LogP contribution in [0.25, 0.3) is 0 Å². The van der Waals surface area contributed by atoms with Crippen molar-refractivity contribution in [2.24, 2.45) is 11.3 Å². The number of ether oxygens (including phenoxy) is 2. The van der Waals surface area contributed by atoms with E-state index in [0.29, 0.717) is 16.5 Å². The van der Waals surface area contributed by atoms with Crippen LogP contribution in [0, 0.1) is 11.3 Å². The van der Waals surface area contributed by atoms with Crippen molar-refractivity contribution in [3.63, 3.8) is 0 Å². The monoisotopic (exact) mass is 505 g/mol. The predicted octanol–water partition coefficient (Wildman–Crippen LogP) is 5.82. The van der Waals surface area contributed by atoms with Crippen LogP contribution in [0.4, 0.5) is 0 Å². The van der Waals surface area contributed by atoms with Crippen LogP contribution in [-0.4, -0.2) is 38.2 Å². The third-order valence-electron chi connectivity index (χ3n) is 7.10. The molecule has 0 unspecified atom stereocenters. The van der Waals surface area contributed by atoms with Gasteiger partial charge in [-0.05, 0) is 61.6 Å². The Bertz CT molecular complexity index is 996. The number of carbonyl (C=O) groups is 2. The van der Waals surface area contributed by atoms with Crippen molar-refractivity contribution in [3.8, 4) is 0 Å². The predicted molar refractivity (Wildman–Crippen MR) is 135 cm³/mol. The van der Waals surface area contributed by atoms with Gasteiger partial charge in [0.25, 0.3) is 0 Å². The number of benzene rings is 2. The van der Waals surface area contributed by atoms with Gasteiger partial charge in [0.05, 0.1) is 25.0 Å². The van der Waals surface area contributed by atoms with Gasteiger partial charge in [-0.3, -0.25) is 9.59 Å². The molecule has 1 amide bonds. The highest BCUT2D eigenvalue weighted by Crippen LogP contribution is 2.44. The summed E-state index contributed by atoms with van der Waals surface area (Å²) in [5.41, 5.74) is 1.33. The molecule has 0 radical (unpaired) electrons. The first-order valence-electron chi connectivity index (χ1n) is 11.6. The molecule has 1 fully saturated rings. The molecule has 0 bridgehead atoms. The van der Waals surface area contributed by atoms with Gasteiger partial charge in [0.1, 0.15) is 0 Å². The molecule has 1 N–H and O–H groups in total. The number of hydrogen-bond acceptors (Lipinski definition) is 4. The Morgan fingerprint density at radius 2 is 1.85 bits per heavy atom. The molecule has 1 aliphatic heterocycles. The normalized spacial score (nSPS) is 24.2. The number of halogens is 2. The third-order valence-corrected chi connectivity index (χ3v) is 7.59. The number of esters is 1. The van der Waals surface area contributed by atoms with E-state index < -0.39 is 11.4 Å². The smallest absolute Gasteiger partial charge is 0.306 e. The summed E-state index contributed by atoms with van der Waals surface area (Å²) in [4.78, 5) is 25.5. The van der Waals surface area contributed by atoms with E-state index in [9.17, 15) is 9.59 Å². The van der Waals surface area contributed by atoms with Crippen molar-refractivity contribution in [2.75, 3.05) is 14.2 Å². The summed E-state index contributed by atoms with van der Waals surface area (Å²) in [5.74, 6) is -0.540. The van der Waals surface area contributed by atoms with Crippen LogP contribution >= 0.6 is 23.2 Å². The van der Waals surface area contributed by atoms with Crippen molar-refractivity contribution in [1.82, 2.24) is 5.32 Å². The van der Waals surface area contributed by atoms with Crippen LogP contribution in [0.15, 0.2) is 48.5 Å². The maximum absolute atomic E-state index is 13.3. The van der Waals surface area contributed by atoms with Gasteiger partial charge in [-0.1, -0.05) is 54.4 Å². The van der Waals surface area contributed by atoms with Crippen LogP contribution in [0.3, 0.4) is 0 Å². The number of piperidine rings is 1. The molecule has 0 aliphatic carbocycles. The van der Waals surface area contributed by atoms with Gasteiger partial charge in [0.15, 0.2) is 0 Å². The maximum atomic E-state index is 13.3. The minimum Gasteiger partial charge on any atom is -0.469 e. The van der Waals surface area contributed by atoms with Gasteiger partial charge in [-0.2, -0.15) is 0 Å². The molecule has 5 nitrogen and oxygen atoms in total. The molecule has 0 aromatic heterocycles. The number of carbonyl (C=O) groups excluding carboxylic acids is 2. The average Bonchev–Trinajstić information content (AvgIpc) is 2.82. The molecular weight excluding hydrogens is 473 g/mol. The van der Waals surface area contributed by atoms with E-state index in [1.54, 1.807) is 7.11 Å². The lowest BCUT2D eigenvalue weighted by molar-refractivity contribution is -0.150. The largest absolute Gasteiger partial charge is 0.469 e. The van der Waals surface area contributed by atoms with E-state index in [0.717, 1.165) is 18.4 Å². The molecule has 7 heteroatoms. The second kappa shape index (κ2) is 11.6. The van der Waals surface area contributed by atoms with Crippen molar-refractivity contribution < 1.29 is 19.1 Å². The number of nitrogens with one attached hydrogen (secondary N) is 1. The molecule has 2 aromatic rings. The Balaban J connectivity index is 1.95. The van der Waals surface area contributed by atoms with Crippen LogP contribution < -0.4 is 5.32 Å². The fourth-order valence-corrected chi connectivity index (χ4v) is 5.33. The Morgan fingerprint density at radius 3 is 2.47 bits per heavy atom. The molecule has 0 saturated carbocycles. The lowest BCUT2D eigenvalue weighted by Gasteiger charge is -2.46. The molecule has 1 heterocycles. The zero-order chi connectivity index (χ0) is 24.9. The number of rotatable bonds is 9. The summed E-state index contributed by atoms with van der Waals surface area (Å²) >= 11 is 12.4. The minimum atomic E-state index is -0.881. The molecule has 5 atom stereocenters. The third kappa shape index (κ3) is 6.32. The standard InChI is InChI=1S/C27H33Cl2NO4/c1-17(33-3)22(13-10-18-8-11-20(28)12-9-18)25-23(19-6-5-7-21(29)14-19)15-27(2,26(32)30-25)16-24(31)34-4/h5-9,11-12,14,17,22-23,25H,10,13,15-16H2,1-4H3,(H,30,32)/t17-,22+,23+,25+,27-/m0/s1. The van der Waals surface area contributed by atoms with E-state index in [4.69, 9.17) is 32.7 Å². The highest BCUT2D eigenvalue weighted by atomic mass is 35.5. The van der Waals surface area contributed by atoms with Crippen LogP contribution in [-0.2, 0) is 25.5 Å². The molecule has 0 spiro atoms. The number of methoxy groups -OCH3 is 2. The number of aryl methyl sites for hydroxylation is 1. The summed E-state index contributed by atoms with van der Waals surface area (Å²) in [5, 5.41) is 4.62. The van der Waals surface area contributed by atoms with Gasteiger partial charge in [0, 0.05) is 35.0 Å². The van der Waals surface area contributed by atoms with E-state index in [2.05, 4.69) is 5.32 Å². The molecular formula is C27H33Cl2NO4. The van der Waals surface area contributed by atoms with Gasteiger partial charge < -0.3 is 14.8 Å². The summed E-state index contributed by atoms with van der Waals surface area (Å²) in [6.45, 7) is 3.87. The van der Waals surface area contributed by atoms with Crippen LogP contribution in [0.1, 0.15) is 50.2 Å². The first-order valence-corrected chi connectivity index (χ1v) is 12.3. The second-order valence-corrected chi connectivity index (χ2v) is 10.3. The fourth-order valence-electron chi connectivity index (χ4n) is 5.01. The highest BCUT2D eigenvalue weighted by Gasteiger charge is 2.48. The average molecular weight is 506 g/mol.